The monoisotopic (exact) mass is 207 g/mol. The first-order chi connectivity index (χ1) is 6.72. The first-order valence-corrected chi connectivity index (χ1v) is 5.38. The summed E-state index contributed by atoms with van der Waals surface area (Å²) in [6.07, 6.45) is 0. The maximum atomic E-state index is 9.15. The SMILES string of the molecule is CN(C)c1ccc2scc(CO)c2c1. The van der Waals surface area contributed by atoms with Crippen LogP contribution in [0.4, 0.5) is 5.69 Å². The van der Waals surface area contributed by atoms with Gasteiger partial charge in [-0.25, -0.2) is 0 Å². The second-order valence-electron chi connectivity index (χ2n) is 3.49. The zero-order chi connectivity index (χ0) is 10.1. The Hall–Kier alpha value is -1.06. The number of anilines is 1. The molecule has 14 heavy (non-hydrogen) atoms. The van der Waals surface area contributed by atoms with E-state index in [9.17, 15) is 0 Å². The summed E-state index contributed by atoms with van der Waals surface area (Å²) in [7, 11) is 4.04. The average molecular weight is 207 g/mol. The van der Waals surface area contributed by atoms with Crippen molar-refractivity contribution in [3.63, 3.8) is 0 Å². The molecule has 2 aromatic rings. The summed E-state index contributed by atoms with van der Waals surface area (Å²) in [5, 5.41) is 12.3. The van der Waals surface area contributed by atoms with Crippen LogP contribution < -0.4 is 4.90 Å². The molecule has 0 fully saturated rings. The van der Waals surface area contributed by atoms with E-state index in [0.717, 1.165) is 5.56 Å². The number of fused-ring (bicyclic) bond motifs is 1. The van der Waals surface area contributed by atoms with Gasteiger partial charge in [0.15, 0.2) is 0 Å². The summed E-state index contributed by atoms with van der Waals surface area (Å²) >= 11 is 1.68. The minimum atomic E-state index is 0.122. The maximum absolute atomic E-state index is 9.15. The highest BCUT2D eigenvalue weighted by Crippen LogP contribution is 2.29. The first kappa shape index (κ1) is 9.49. The lowest BCUT2D eigenvalue weighted by molar-refractivity contribution is 0.284. The van der Waals surface area contributed by atoms with E-state index >= 15 is 0 Å². The summed E-state index contributed by atoms with van der Waals surface area (Å²) in [6.45, 7) is 0.122. The van der Waals surface area contributed by atoms with Gasteiger partial charge in [-0.05, 0) is 34.5 Å². The van der Waals surface area contributed by atoms with Gasteiger partial charge in [0.2, 0.25) is 0 Å². The quantitative estimate of drug-likeness (QED) is 0.817. The van der Waals surface area contributed by atoms with Crippen LogP contribution in [0.2, 0.25) is 0 Å². The third-order valence-electron chi connectivity index (χ3n) is 2.32. The molecule has 0 unspecified atom stereocenters. The van der Waals surface area contributed by atoms with Gasteiger partial charge in [0.1, 0.15) is 0 Å². The fraction of sp³-hybridized carbons (Fsp3) is 0.273. The fourth-order valence-corrected chi connectivity index (χ4v) is 2.40. The highest BCUT2D eigenvalue weighted by atomic mass is 32.1. The Kier molecular flexibility index (Phi) is 2.44. The van der Waals surface area contributed by atoms with Gasteiger partial charge in [0, 0.05) is 24.5 Å². The topological polar surface area (TPSA) is 23.5 Å². The number of hydrogen-bond acceptors (Lipinski definition) is 3. The van der Waals surface area contributed by atoms with Crippen LogP contribution in [-0.4, -0.2) is 19.2 Å². The standard InChI is InChI=1S/C11H13NOS/c1-12(2)9-3-4-11-10(5-9)8(6-13)7-14-11/h3-5,7,13H,6H2,1-2H3. The van der Waals surface area contributed by atoms with E-state index in [-0.39, 0.29) is 6.61 Å². The highest BCUT2D eigenvalue weighted by Gasteiger charge is 2.04. The predicted octanol–water partition coefficient (Wildman–Crippen LogP) is 2.46. The van der Waals surface area contributed by atoms with E-state index in [1.54, 1.807) is 11.3 Å². The normalized spacial score (nSPS) is 10.8. The molecule has 1 heterocycles. The summed E-state index contributed by atoms with van der Waals surface area (Å²) in [5.74, 6) is 0. The van der Waals surface area contributed by atoms with Crippen molar-refractivity contribution < 1.29 is 5.11 Å². The van der Waals surface area contributed by atoms with Crippen LogP contribution in [0.15, 0.2) is 23.6 Å². The van der Waals surface area contributed by atoms with Crippen LogP contribution in [-0.2, 0) is 6.61 Å². The lowest BCUT2D eigenvalue weighted by atomic mass is 10.1. The first-order valence-electron chi connectivity index (χ1n) is 4.50. The number of benzene rings is 1. The van der Waals surface area contributed by atoms with Crippen molar-refractivity contribution >= 4 is 27.1 Å². The predicted molar refractivity (Wildman–Crippen MR) is 62.1 cm³/mol. The lowest BCUT2D eigenvalue weighted by Gasteiger charge is -2.12. The number of aliphatic hydroxyl groups excluding tert-OH is 1. The third kappa shape index (κ3) is 1.49. The van der Waals surface area contributed by atoms with Crippen molar-refractivity contribution in [3.8, 4) is 0 Å². The van der Waals surface area contributed by atoms with Gasteiger partial charge in [-0.1, -0.05) is 0 Å². The third-order valence-corrected chi connectivity index (χ3v) is 3.34. The summed E-state index contributed by atoms with van der Waals surface area (Å²) in [6, 6.07) is 6.33. The molecule has 0 atom stereocenters. The molecule has 0 radical (unpaired) electrons. The van der Waals surface area contributed by atoms with Gasteiger partial charge < -0.3 is 10.0 Å². The van der Waals surface area contributed by atoms with E-state index in [1.165, 1.54) is 15.8 Å². The highest BCUT2D eigenvalue weighted by molar-refractivity contribution is 7.17. The van der Waals surface area contributed by atoms with Gasteiger partial charge >= 0.3 is 0 Å². The zero-order valence-corrected chi connectivity index (χ0v) is 9.14. The minimum absolute atomic E-state index is 0.122. The Morgan fingerprint density at radius 2 is 2.14 bits per heavy atom. The van der Waals surface area contributed by atoms with Crippen molar-refractivity contribution in [1.29, 1.82) is 0 Å². The van der Waals surface area contributed by atoms with Crippen LogP contribution >= 0.6 is 11.3 Å². The van der Waals surface area contributed by atoms with Gasteiger partial charge in [0.25, 0.3) is 0 Å². The van der Waals surface area contributed by atoms with Crippen molar-refractivity contribution in [2.75, 3.05) is 19.0 Å². The maximum Gasteiger partial charge on any atom is 0.0696 e. The Balaban J connectivity index is 2.61. The average Bonchev–Trinajstić information content (AvgIpc) is 2.59. The van der Waals surface area contributed by atoms with Gasteiger partial charge in [-0.15, -0.1) is 11.3 Å². The summed E-state index contributed by atoms with van der Waals surface area (Å²) < 4.78 is 1.24. The Morgan fingerprint density at radius 1 is 1.36 bits per heavy atom. The van der Waals surface area contributed by atoms with Crippen LogP contribution in [0.1, 0.15) is 5.56 Å². The van der Waals surface area contributed by atoms with Gasteiger partial charge in [-0.2, -0.15) is 0 Å². The van der Waals surface area contributed by atoms with E-state index in [0.29, 0.717) is 0 Å². The van der Waals surface area contributed by atoms with Crippen molar-refractivity contribution in [2.24, 2.45) is 0 Å². The smallest absolute Gasteiger partial charge is 0.0696 e. The Morgan fingerprint density at radius 3 is 2.79 bits per heavy atom. The second-order valence-corrected chi connectivity index (χ2v) is 4.41. The Bertz CT molecular complexity index is 447. The molecule has 1 N–H and O–H groups in total. The van der Waals surface area contributed by atoms with E-state index < -0.39 is 0 Å². The Labute approximate surface area is 87.4 Å². The summed E-state index contributed by atoms with van der Waals surface area (Å²) in [5.41, 5.74) is 2.19. The fourth-order valence-electron chi connectivity index (χ4n) is 1.47. The molecular formula is C11H13NOS. The van der Waals surface area contributed by atoms with E-state index in [1.807, 2.05) is 19.5 Å². The molecule has 0 spiro atoms. The van der Waals surface area contributed by atoms with Gasteiger partial charge in [-0.3, -0.25) is 0 Å². The largest absolute Gasteiger partial charge is 0.392 e. The number of nitrogens with zero attached hydrogens (tertiary/aromatic N) is 1. The molecule has 3 heteroatoms. The number of aliphatic hydroxyl groups is 1. The summed E-state index contributed by atoms with van der Waals surface area (Å²) in [4.78, 5) is 2.07. The van der Waals surface area contributed by atoms with Crippen molar-refractivity contribution in [1.82, 2.24) is 0 Å². The van der Waals surface area contributed by atoms with Gasteiger partial charge in [0.05, 0.1) is 6.61 Å². The van der Waals surface area contributed by atoms with Crippen molar-refractivity contribution in [3.05, 3.63) is 29.1 Å². The molecule has 0 bridgehead atoms. The van der Waals surface area contributed by atoms with Crippen LogP contribution in [0.5, 0.6) is 0 Å². The van der Waals surface area contributed by atoms with Crippen LogP contribution in [0.25, 0.3) is 10.1 Å². The number of hydrogen-bond donors (Lipinski definition) is 1. The molecule has 0 aliphatic carbocycles. The van der Waals surface area contributed by atoms with Crippen LogP contribution in [0.3, 0.4) is 0 Å². The molecule has 74 valence electrons. The lowest BCUT2D eigenvalue weighted by Crippen LogP contribution is -2.07. The van der Waals surface area contributed by atoms with E-state index in [2.05, 4.69) is 23.1 Å². The molecule has 0 aliphatic heterocycles. The van der Waals surface area contributed by atoms with E-state index in [4.69, 9.17) is 5.11 Å². The molecule has 0 amide bonds. The molecule has 0 saturated heterocycles. The molecule has 2 rings (SSSR count). The zero-order valence-electron chi connectivity index (χ0n) is 8.32. The minimum Gasteiger partial charge on any atom is -0.392 e. The molecular weight excluding hydrogens is 194 g/mol. The number of thiophene rings is 1. The molecule has 2 nitrogen and oxygen atoms in total. The van der Waals surface area contributed by atoms with Crippen LogP contribution in [0, 0.1) is 0 Å². The molecule has 1 aromatic heterocycles. The van der Waals surface area contributed by atoms with Crippen molar-refractivity contribution in [2.45, 2.75) is 6.61 Å². The second kappa shape index (κ2) is 3.59. The number of rotatable bonds is 2. The molecule has 1 aromatic carbocycles. The molecule has 0 aliphatic rings. The molecule has 0 saturated carbocycles.